The van der Waals surface area contributed by atoms with E-state index in [0.717, 1.165) is 61.0 Å². The highest BCUT2D eigenvalue weighted by molar-refractivity contribution is 5.87. The molecule has 0 bridgehead atoms. The summed E-state index contributed by atoms with van der Waals surface area (Å²) in [6.07, 6.45) is 23.9. The molecule has 0 radical (unpaired) electrons. The number of benzene rings is 5. The van der Waals surface area contributed by atoms with Crippen LogP contribution in [0.25, 0.3) is 55.8 Å². The first kappa shape index (κ1) is 32.3. The van der Waals surface area contributed by atoms with E-state index in [9.17, 15) is 0 Å². The van der Waals surface area contributed by atoms with Crippen LogP contribution in [0.3, 0.4) is 0 Å². The van der Waals surface area contributed by atoms with E-state index in [1.54, 1.807) is 0 Å². The van der Waals surface area contributed by atoms with Crippen LogP contribution < -0.4 is 0 Å². The highest BCUT2D eigenvalue weighted by atomic mass is 15.0. The Balaban J connectivity index is 1.04. The molecule has 5 aromatic carbocycles. The van der Waals surface area contributed by atoms with Crippen LogP contribution in [-0.4, -0.2) is 15.0 Å². The van der Waals surface area contributed by atoms with Crippen molar-refractivity contribution in [3.63, 3.8) is 0 Å². The fourth-order valence-corrected chi connectivity index (χ4v) is 8.37. The second kappa shape index (κ2) is 14.2. The Morgan fingerprint density at radius 1 is 0.404 bits per heavy atom. The van der Waals surface area contributed by atoms with Gasteiger partial charge in [-0.25, -0.2) is 15.0 Å². The van der Waals surface area contributed by atoms with Crippen LogP contribution >= 0.6 is 0 Å². The van der Waals surface area contributed by atoms with Gasteiger partial charge in [-0.15, -0.1) is 0 Å². The van der Waals surface area contributed by atoms with E-state index in [2.05, 4.69) is 152 Å². The molecule has 254 valence electrons. The molecule has 1 heterocycles. The summed E-state index contributed by atoms with van der Waals surface area (Å²) in [6, 6.07) is 42.5. The zero-order valence-electron chi connectivity index (χ0n) is 29.6. The number of fused-ring (bicyclic) bond motifs is 1. The fourth-order valence-electron chi connectivity index (χ4n) is 8.37. The van der Waals surface area contributed by atoms with Crippen LogP contribution in [0.15, 0.2) is 152 Å². The van der Waals surface area contributed by atoms with E-state index >= 15 is 0 Å². The number of allylic oxidation sites excluding steroid dienone is 8. The molecule has 3 nitrogen and oxygen atoms in total. The SMILES string of the molecule is C1=CC(c2ccc(-c3ccc(C4(c5ccc(-c6nc(C7=CCCC=C7)nc(-c7ccc8ccccc8c7)n6)cc5)CCCCC4)cc3)cc2)=CCC1. The molecule has 1 aromatic heterocycles. The van der Waals surface area contributed by atoms with Gasteiger partial charge in [-0.3, -0.25) is 0 Å². The molecule has 1 fully saturated rings. The number of hydrogen-bond acceptors (Lipinski definition) is 3. The minimum Gasteiger partial charge on any atom is -0.208 e. The number of aromatic nitrogens is 3. The highest BCUT2D eigenvalue weighted by Gasteiger charge is 2.35. The van der Waals surface area contributed by atoms with Crippen LogP contribution in [-0.2, 0) is 5.41 Å². The van der Waals surface area contributed by atoms with Gasteiger partial charge in [0.2, 0.25) is 0 Å². The first-order valence-corrected chi connectivity index (χ1v) is 19.0. The fraction of sp³-hybridized carbons (Fsp3) is 0.204. The monoisotopic (exact) mass is 673 g/mol. The minimum absolute atomic E-state index is 0.00280. The molecule has 0 amide bonds. The van der Waals surface area contributed by atoms with Crippen LogP contribution in [0.1, 0.15) is 80.3 Å². The van der Waals surface area contributed by atoms with Gasteiger partial charge in [-0.2, -0.15) is 0 Å². The average molecular weight is 674 g/mol. The molecular formula is C49H43N3. The molecular weight excluding hydrogens is 631 g/mol. The average Bonchev–Trinajstić information content (AvgIpc) is 3.24. The molecule has 3 aliphatic carbocycles. The third-order valence-electron chi connectivity index (χ3n) is 11.3. The van der Waals surface area contributed by atoms with Gasteiger partial charge in [0, 0.05) is 22.1 Å². The van der Waals surface area contributed by atoms with Gasteiger partial charge in [0.15, 0.2) is 17.5 Å². The summed E-state index contributed by atoms with van der Waals surface area (Å²) < 4.78 is 0. The summed E-state index contributed by atoms with van der Waals surface area (Å²) >= 11 is 0. The maximum absolute atomic E-state index is 5.08. The van der Waals surface area contributed by atoms with Gasteiger partial charge in [0.25, 0.3) is 0 Å². The van der Waals surface area contributed by atoms with E-state index in [4.69, 9.17) is 15.0 Å². The Morgan fingerprint density at radius 2 is 0.923 bits per heavy atom. The molecule has 0 atom stereocenters. The first-order chi connectivity index (χ1) is 25.7. The topological polar surface area (TPSA) is 38.7 Å². The van der Waals surface area contributed by atoms with Gasteiger partial charge in [0.1, 0.15) is 0 Å². The Morgan fingerprint density at radius 3 is 1.56 bits per heavy atom. The minimum atomic E-state index is -0.00280. The lowest BCUT2D eigenvalue weighted by Gasteiger charge is -2.39. The zero-order valence-corrected chi connectivity index (χ0v) is 29.6. The quantitative estimate of drug-likeness (QED) is 0.169. The third-order valence-corrected chi connectivity index (χ3v) is 11.3. The standard InChI is InChI=1S/C49H43N3/c1-4-12-35(13-5-1)37-18-20-38(21-19-37)39-24-28-44(29-25-39)49(32-10-3-11-33-49)45-30-26-41(27-31-45)47-50-46(40-15-6-2-7-16-40)51-48(52-47)43-23-22-36-14-8-9-17-42(36)34-43/h4,6,8-9,12-31,34H,1-3,5,7,10-11,32-33H2. The summed E-state index contributed by atoms with van der Waals surface area (Å²) in [5, 5.41) is 2.39. The second-order valence-electron chi connectivity index (χ2n) is 14.5. The zero-order chi connectivity index (χ0) is 34.7. The molecule has 6 aromatic rings. The molecule has 9 rings (SSSR count). The predicted molar refractivity (Wildman–Crippen MR) is 217 cm³/mol. The van der Waals surface area contributed by atoms with Crippen molar-refractivity contribution >= 4 is 21.9 Å². The predicted octanol–water partition coefficient (Wildman–Crippen LogP) is 12.7. The number of rotatable bonds is 7. The lowest BCUT2D eigenvalue weighted by Crippen LogP contribution is -2.30. The summed E-state index contributed by atoms with van der Waals surface area (Å²) in [5.74, 6) is 2.15. The van der Waals surface area contributed by atoms with Crippen molar-refractivity contribution in [3.05, 3.63) is 174 Å². The molecule has 0 spiro atoms. The molecule has 3 heteroatoms. The van der Waals surface area contributed by atoms with Crippen molar-refractivity contribution in [1.82, 2.24) is 15.0 Å². The lowest BCUT2D eigenvalue weighted by atomic mass is 9.65. The first-order valence-electron chi connectivity index (χ1n) is 19.0. The van der Waals surface area contributed by atoms with Gasteiger partial charge in [-0.05, 0) is 88.8 Å². The summed E-state index contributed by atoms with van der Waals surface area (Å²) in [4.78, 5) is 15.1. The number of hydrogen-bond donors (Lipinski definition) is 0. The van der Waals surface area contributed by atoms with Crippen LogP contribution in [0.5, 0.6) is 0 Å². The highest BCUT2D eigenvalue weighted by Crippen LogP contribution is 2.46. The molecule has 0 unspecified atom stereocenters. The molecule has 3 aliphatic rings. The summed E-state index contributed by atoms with van der Waals surface area (Å²) in [7, 11) is 0. The summed E-state index contributed by atoms with van der Waals surface area (Å²) in [6.45, 7) is 0. The van der Waals surface area contributed by atoms with Gasteiger partial charge >= 0.3 is 0 Å². The maximum atomic E-state index is 5.08. The van der Waals surface area contributed by atoms with Crippen LogP contribution in [0, 0.1) is 0 Å². The molecule has 0 aliphatic heterocycles. The largest absolute Gasteiger partial charge is 0.208 e. The lowest BCUT2D eigenvalue weighted by molar-refractivity contribution is 0.346. The van der Waals surface area contributed by atoms with E-state index < -0.39 is 0 Å². The third kappa shape index (κ3) is 6.37. The Bertz CT molecular complexity index is 2350. The Kier molecular flexibility index (Phi) is 8.78. The van der Waals surface area contributed by atoms with Gasteiger partial charge in [-0.1, -0.05) is 165 Å². The van der Waals surface area contributed by atoms with E-state index in [-0.39, 0.29) is 5.41 Å². The van der Waals surface area contributed by atoms with Gasteiger partial charge in [0.05, 0.1) is 0 Å². The molecule has 0 saturated heterocycles. The maximum Gasteiger partial charge on any atom is 0.164 e. The Hall–Kier alpha value is -5.67. The second-order valence-corrected chi connectivity index (χ2v) is 14.5. The molecule has 52 heavy (non-hydrogen) atoms. The van der Waals surface area contributed by atoms with E-state index in [0.29, 0.717) is 11.6 Å². The van der Waals surface area contributed by atoms with Crippen molar-refractivity contribution in [2.45, 2.75) is 63.2 Å². The Labute approximate surface area is 307 Å². The number of nitrogens with zero attached hydrogens (tertiary/aromatic N) is 3. The smallest absolute Gasteiger partial charge is 0.164 e. The van der Waals surface area contributed by atoms with Crippen molar-refractivity contribution in [1.29, 1.82) is 0 Å². The van der Waals surface area contributed by atoms with Crippen LogP contribution in [0.2, 0.25) is 0 Å². The summed E-state index contributed by atoms with van der Waals surface area (Å²) in [5.41, 5.74) is 11.0. The van der Waals surface area contributed by atoms with E-state index in [1.807, 2.05) is 0 Å². The van der Waals surface area contributed by atoms with Crippen molar-refractivity contribution in [3.8, 4) is 33.9 Å². The van der Waals surface area contributed by atoms with Crippen molar-refractivity contribution in [2.75, 3.05) is 0 Å². The van der Waals surface area contributed by atoms with Crippen molar-refractivity contribution in [2.24, 2.45) is 0 Å². The molecule has 0 N–H and O–H groups in total. The van der Waals surface area contributed by atoms with Crippen molar-refractivity contribution < 1.29 is 0 Å². The normalized spacial score (nSPS) is 16.8. The van der Waals surface area contributed by atoms with E-state index in [1.165, 1.54) is 63.4 Å². The molecule has 1 saturated carbocycles. The van der Waals surface area contributed by atoms with Crippen LogP contribution in [0.4, 0.5) is 0 Å². The van der Waals surface area contributed by atoms with Gasteiger partial charge < -0.3 is 0 Å².